The summed E-state index contributed by atoms with van der Waals surface area (Å²) in [5.74, 6) is -0.127. The SMILES string of the molecule is CC(=O)OCC(CSC[C@H](N)C(=O)NCCCn1cnc2c(N)nc3ccccc3c21)OC(C)=O. The Labute approximate surface area is 206 Å². The summed E-state index contributed by atoms with van der Waals surface area (Å²) in [4.78, 5) is 43.4. The number of anilines is 1. The summed E-state index contributed by atoms with van der Waals surface area (Å²) in [7, 11) is 0. The molecule has 5 N–H and O–H groups in total. The molecule has 2 aromatic heterocycles. The van der Waals surface area contributed by atoms with Gasteiger partial charge in [0.1, 0.15) is 18.2 Å². The van der Waals surface area contributed by atoms with Crippen LogP contribution >= 0.6 is 11.8 Å². The topological polar surface area (TPSA) is 164 Å². The third-order valence-electron chi connectivity index (χ3n) is 5.10. The summed E-state index contributed by atoms with van der Waals surface area (Å²) in [6, 6.07) is 7.03. The molecule has 0 aliphatic rings. The number of imidazole rings is 1. The number of rotatable bonds is 12. The lowest BCUT2D eigenvalue weighted by atomic mass is 10.2. The Hall–Kier alpha value is -3.38. The van der Waals surface area contributed by atoms with Crippen LogP contribution < -0.4 is 16.8 Å². The summed E-state index contributed by atoms with van der Waals surface area (Å²) < 4.78 is 12.0. The first-order chi connectivity index (χ1) is 16.8. The van der Waals surface area contributed by atoms with Crippen molar-refractivity contribution >= 4 is 57.4 Å². The Balaban J connectivity index is 1.45. The van der Waals surface area contributed by atoms with Crippen molar-refractivity contribution in [3.05, 3.63) is 30.6 Å². The standard InChI is InChI=1S/C23H30N6O5S/c1-14(30)33-10-16(34-15(2)31)11-35-12-18(24)23(32)26-8-5-9-29-13-27-20-21(29)17-6-3-4-7-19(17)28-22(20)25/h3-4,6-7,13,16,18H,5,8-12,24H2,1-2H3,(H2,25,28)(H,26,32)/t16?,18-/m0/s1. The van der Waals surface area contributed by atoms with Gasteiger partial charge in [0, 0.05) is 43.8 Å². The number of carbonyl (C=O) groups is 3. The van der Waals surface area contributed by atoms with Gasteiger partial charge in [0.15, 0.2) is 5.82 Å². The largest absolute Gasteiger partial charge is 0.462 e. The smallest absolute Gasteiger partial charge is 0.303 e. The molecule has 35 heavy (non-hydrogen) atoms. The van der Waals surface area contributed by atoms with E-state index < -0.39 is 24.1 Å². The van der Waals surface area contributed by atoms with Crippen LogP contribution in [-0.4, -0.2) is 69.2 Å². The van der Waals surface area contributed by atoms with Crippen LogP contribution in [0.5, 0.6) is 0 Å². The average molecular weight is 503 g/mol. The van der Waals surface area contributed by atoms with Crippen molar-refractivity contribution < 1.29 is 23.9 Å². The maximum absolute atomic E-state index is 12.4. The van der Waals surface area contributed by atoms with E-state index in [4.69, 9.17) is 20.9 Å². The second-order valence-corrected chi connectivity index (χ2v) is 9.05. The molecular formula is C23H30N6O5S. The molecule has 0 saturated carbocycles. The number of benzene rings is 1. The summed E-state index contributed by atoms with van der Waals surface area (Å²) >= 11 is 1.35. The van der Waals surface area contributed by atoms with Gasteiger partial charge in [-0.25, -0.2) is 9.97 Å². The molecule has 1 unspecified atom stereocenters. The minimum absolute atomic E-state index is 0.0384. The molecule has 188 valence electrons. The number of aryl methyl sites for hydroxylation is 1. The average Bonchev–Trinajstić information content (AvgIpc) is 3.24. The molecule has 0 aliphatic carbocycles. The zero-order valence-corrected chi connectivity index (χ0v) is 20.5. The Bertz CT molecular complexity index is 1200. The van der Waals surface area contributed by atoms with E-state index in [0.29, 0.717) is 42.4 Å². The number of esters is 2. The molecule has 0 spiro atoms. The first kappa shape index (κ1) is 26.2. The number of para-hydroxylation sites is 1. The maximum Gasteiger partial charge on any atom is 0.303 e. The quantitative estimate of drug-likeness (QED) is 0.242. The fourth-order valence-corrected chi connectivity index (χ4v) is 4.50. The molecule has 0 radical (unpaired) electrons. The highest BCUT2D eigenvalue weighted by atomic mass is 32.2. The summed E-state index contributed by atoms with van der Waals surface area (Å²) in [5, 5.41) is 3.82. The number of nitrogens with one attached hydrogen (secondary N) is 1. The van der Waals surface area contributed by atoms with Crippen molar-refractivity contribution in [2.24, 2.45) is 5.73 Å². The zero-order valence-electron chi connectivity index (χ0n) is 19.7. The molecule has 3 rings (SSSR count). The van der Waals surface area contributed by atoms with Gasteiger partial charge in [-0.3, -0.25) is 14.4 Å². The number of ether oxygens (including phenoxy) is 2. The number of hydrogen-bond donors (Lipinski definition) is 3. The zero-order chi connectivity index (χ0) is 25.4. The van der Waals surface area contributed by atoms with Crippen molar-refractivity contribution in [3.8, 4) is 0 Å². The number of nitrogens with zero attached hydrogens (tertiary/aromatic N) is 3. The molecule has 0 aliphatic heterocycles. The summed E-state index contributed by atoms with van der Waals surface area (Å²) in [6.07, 6.45) is 1.81. The minimum atomic E-state index is -0.726. The van der Waals surface area contributed by atoms with Crippen LogP contribution in [0.4, 0.5) is 5.82 Å². The maximum atomic E-state index is 12.4. The van der Waals surface area contributed by atoms with Gasteiger partial charge in [-0.15, -0.1) is 0 Å². The minimum Gasteiger partial charge on any atom is -0.462 e. The Kier molecular flexibility index (Phi) is 9.26. The van der Waals surface area contributed by atoms with Crippen LogP contribution in [0.2, 0.25) is 0 Å². The van der Waals surface area contributed by atoms with E-state index in [1.165, 1.54) is 25.6 Å². The molecular weight excluding hydrogens is 472 g/mol. The van der Waals surface area contributed by atoms with E-state index in [9.17, 15) is 14.4 Å². The molecule has 1 aromatic carbocycles. The Morgan fingerprint density at radius 1 is 1.17 bits per heavy atom. The number of amides is 1. The highest BCUT2D eigenvalue weighted by molar-refractivity contribution is 7.99. The number of pyridine rings is 1. The van der Waals surface area contributed by atoms with E-state index in [2.05, 4.69) is 15.3 Å². The van der Waals surface area contributed by atoms with Crippen LogP contribution in [0.25, 0.3) is 21.9 Å². The van der Waals surface area contributed by atoms with Crippen LogP contribution in [0, 0.1) is 0 Å². The van der Waals surface area contributed by atoms with Crippen LogP contribution in [0.3, 0.4) is 0 Å². The molecule has 3 aromatic rings. The molecule has 12 heteroatoms. The molecule has 2 atom stereocenters. The number of nitrogen functional groups attached to an aromatic ring is 1. The summed E-state index contributed by atoms with van der Waals surface area (Å²) in [6.45, 7) is 3.60. The van der Waals surface area contributed by atoms with Crippen molar-refractivity contribution in [3.63, 3.8) is 0 Å². The highest BCUT2D eigenvalue weighted by Gasteiger charge is 2.18. The molecule has 1 amide bonds. The Morgan fingerprint density at radius 2 is 1.94 bits per heavy atom. The van der Waals surface area contributed by atoms with Crippen LogP contribution in [0.1, 0.15) is 20.3 Å². The molecule has 2 heterocycles. The highest BCUT2D eigenvalue weighted by Crippen LogP contribution is 2.26. The lowest BCUT2D eigenvalue weighted by molar-refractivity contribution is -0.154. The molecule has 0 fully saturated rings. The van der Waals surface area contributed by atoms with E-state index in [-0.39, 0.29) is 12.5 Å². The first-order valence-electron chi connectivity index (χ1n) is 11.2. The second kappa shape index (κ2) is 12.4. The second-order valence-electron chi connectivity index (χ2n) is 7.97. The van der Waals surface area contributed by atoms with Crippen molar-refractivity contribution in [1.82, 2.24) is 19.9 Å². The van der Waals surface area contributed by atoms with Crippen LogP contribution in [-0.2, 0) is 30.4 Å². The molecule has 11 nitrogen and oxygen atoms in total. The number of thioether (sulfide) groups is 1. The van der Waals surface area contributed by atoms with Crippen molar-refractivity contribution in [1.29, 1.82) is 0 Å². The van der Waals surface area contributed by atoms with E-state index in [1.54, 1.807) is 6.33 Å². The van der Waals surface area contributed by atoms with Gasteiger partial charge in [-0.05, 0) is 12.5 Å². The number of hydrogen-bond acceptors (Lipinski definition) is 10. The van der Waals surface area contributed by atoms with Crippen LogP contribution in [0.15, 0.2) is 30.6 Å². The molecule has 0 bridgehead atoms. The fourth-order valence-electron chi connectivity index (χ4n) is 3.53. The number of fused-ring (bicyclic) bond motifs is 3. The van der Waals surface area contributed by atoms with Crippen molar-refractivity contribution in [2.45, 2.75) is 39.0 Å². The van der Waals surface area contributed by atoms with E-state index in [0.717, 1.165) is 16.4 Å². The third-order valence-corrected chi connectivity index (χ3v) is 6.30. The predicted octanol–water partition coefficient (Wildman–Crippen LogP) is 1.23. The van der Waals surface area contributed by atoms with Crippen molar-refractivity contribution in [2.75, 3.05) is 30.4 Å². The number of nitrogens with two attached hydrogens (primary N) is 2. The van der Waals surface area contributed by atoms with Gasteiger partial charge in [0.05, 0.1) is 23.4 Å². The van der Waals surface area contributed by atoms with Gasteiger partial charge in [0.2, 0.25) is 5.91 Å². The van der Waals surface area contributed by atoms with Gasteiger partial charge < -0.3 is 30.8 Å². The van der Waals surface area contributed by atoms with E-state index >= 15 is 0 Å². The van der Waals surface area contributed by atoms with Gasteiger partial charge in [-0.2, -0.15) is 11.8 Å². The third kappa shape index (κ3) is 7.30. The lowest BCUT2D eigenvalue weighted by Crippen LogP contribution is -2.43. The normalized spacial score (nSPS) is 12.9. The Morgan fingerprint density at radius 3 is 2.69 bits per heavy atom. The van der Waals surface area contributed by atoms with E-state index in [1.807, 2.05) is 28.8 Å². The van der Waals surface area contributed by atoms with Gasteiger partial charge in [0.25, 0.3) is 0 Å². The first-order valence-corrected chi connectivity index (χ1v) is 12.3. The molecule has 0 saturated heterocycles. The van der Waals surface area contributed by atoms with Gasteiger partial charge in [-0.1, -0.05) is 18.2 Å². The van der Waals surface area contributed by atoms with Gasteiger partial charge >= 0.3 is 11.9 Å². The number of carbonyl (C=O) groups excluding carboxylic acids is 3. The summed E-state index contributed by atoms with van der Waals surface area (Å²) in [5.41, 5.74) is 14.4. The monoisotopic (exact) mass is 502 g/mol. The number of aromatic nitrogens is 3. The fraction of sp³-hybridized carbons (Fsp3) is 0.435. The lowest BCUT2D eigenvalue weighted by Gasteiger charge is -2.17. The predicted molar refractivity (Wildman–Crippen MR) is 135 cm³/mol.